The highest BCUT2D eigenvalue weighted by Crippen LogP contribution is 2.39. The summed E-state index contributed by atoms with van der Waals surface area (Å²) < 4.78 is 0. The van der Waals surface area contributed by atoms with Gasteiger partial charge in [-0.1, -0.05) is 44.2 Å². The summed E-state index contributed by atoms with van der Waals surface area (Å²) in [7, 11) is 0. The zero-order chi connectivity index (χ0) is 16.8. The van der Waals surface area contributed by atoms with Crippen LogP contribution >= 0.6 is 0 Å². The van der Waals surface area contributed by atoms with E-state index in [0.29, 0.717) is 16.8 Å². The molecule has 0 unspecified atom stereocenters. The highest BCUT2D eigenvalue weighted by molar-refractivity contribution is 6.02. The van der Waals surface area contributed by atoms with Crippen molar-refractivity contribution in [2.75, 3.05) is 5.73 Å². The standard InChI is InChI=1S/C17H15N3O.C2H6/c1-11-9-12-7-8-14(18)17(16(12)15(21)10-11)20-19-13-5-3-2-4-6-13;1-2/h2-10,21H,18H2,1H3;1-2H3. The molecule has 0 bridgehead atoms. The Hall–Kier alpha value is -2.88. The predicted octanol–water partition coefficient (Wildman–Crippen LogP) is 5.88. The van der Waals surface area contributed by atoms with E-state index in [9.17, 15) is 5.11 Å². The first-order chi connectivity index (χ1) is 11.1. The first kappa shape index (κ1) is 16.5. The molecule has 0 aliphatic rings. The quantitative estimate of drug-likeness (QED) is 0.458. The summed E-state index contributed by atoms with van der Waals surface area (Å²) >= 11 is 0. The minimum atomic E-state index is 0.166. The van der Waals surface area contributed by atoms with E-state index in [1.54, 1.807) is 12.1 Å². The zero-order valence-corrected chi connectivity index (χ0v) is 13.6. The maximum Gasteiger partial charge on any atom is 0.125 e. The van der Waals surface area contributed by atoms with Crippen molar-refractivity contribution in [1.82, 2.24) is 0 Å². The molecule has 0 saturated carbocycles. The van der Waals surface area contributed by atoms with Crippen LogP contribution in [-0.4, -0.2) is 5.11 Å². The summed E-state index contributed by atoms with van der Waals surface area (Å²) in [5.74, 6) is 0.166. The molecule has 0 saturated heterocycles. The topological polar surface area (TPSA) is 71.0 Å². The number of benzene rings is 3. The van der Waals surface area contributed by atoms with Crippen LogP contribution in [0.3, 0.4) is 0 Å². The molecular formula is C19H21N3O. The Morgan fingerprint density at radius 1 is 0.913 bits per heavy atom. The molecule has 0 atom stereocenters. The lowest BCUT2D eigenvalue weighted by Crippen LogP contribution is -1.87. The van der Waals surface area contributed by atoms with Crippen molar-refractivity contribution in [2.45, 2.75) is 20.8 Å². The van der Waals surface area contributed by atoms with Crippen LogP contribution in [0.2, 0.25) is 0 Å². The minimum Gasteiger partial charge on any atom is -0.507 e. The van der Waals surface area contributed by atoms with E-state index in [-0.39, 0.29) is 5.75 Å². The Morgan fingerprint density at radius 2 is 1.61 bits per heavy atom. The molecule has 0 amide bonds. The molecule has 0 spiro atoms. The molecule has 3 N–H and O–H groups in total. The fourth-order valence-electron chi connectivity index (χ4n) is 2.30. The van der Waals surface area contributed by atoms with E-state index < -0.39 is 0 Å². The number of anilines is 1. The molecule has 0 heterocycles. The molecule has 4 nitrogen and oxygen atoms in total. The number of nitrogen functional groups attached to an aromatic ring is 1. The SMILES string of the molecule is CC.Cc1cc(O)c2c(N=Nc3ccccc3)c(N)ccc2c1. The summed E-state index contributed by atoms with van der Waals surface area (Å²) in [5, 5.41) is 20.1. The van der Waals surface area contributed by atoms with Crippen molar-refractivity contribution in [3.05, 3.63) is 60.2 Å². The van der Waals surface area contributed by atoms with Crippen LogP contribution in [0.25, 0.3) is 10.8 Å². The molecule has 4 heteroatoms. The third-order valence-electron chi connectivity index (χ3n) is 3.27. The highest BCUT2D eigenvalue weighted by atomic mass is 16.3. The van der Waals surface area contributed by atoms with E-state index in [4.69, 9.17) is 5.73 Å². The first-order valence-corrected chi connectivity index (χ1v) is 7.64. The Morgan fingerprint density at radius 3 is 2.30 bits per heavy atom. The van der Waals surface area contributed by atoms with E-state index >= 15 is 0 Å². The normalized spacial score (nSPS) is 10.6. The summed E-state index contributed by atoms with van der Waals surface area (Å²) in [6, 6.07) is 16.7. The van der Waals surface area contributed by atoms with Gasteiger partial charge in [0.05, 0.1) is 16.8 Å². The van der Waals surface area contributed by atoms with Crippen LogP contribution in [-0.2, 0) is 0 Å². The fraction of sp³-hybridized carbons (Fsp3) is 0.158. The second kappa shape index (κ2) is 7.40. The summed E-state index contributed by atoms with van der Waals surface area (Å²) in [4.78, 5) is 0. The van der Waals surface area contributed by atoms with Gasteiger partial charge in [-0.3, -0.25) is 0 Å². The Balaban J connectivity index is 0.000000924. The van der Waals surface area contributed by atoms with Crippen molar-refractivity contribution >= 4 is 27.8 Å². The second-order valence-electron chi connectivity index (χ2n) is 4.92. The Bertz CT molecular complexity index is 827. The van der Waals surface area contributed by atoms with Crippen LogP contribution in [0.1, 0.15) is 19.4 Å². The fourth-order valence-corrected chi connectivity index (χ4v) is 2.30. The van der Waals surface area contributed by atoms with Gasteiger partial charge in [-0.05, 0) is 42.1 Å². The third-order valence-corrected chi connectivity index (χ3v) is 3.27. The number of fused-ring (bicyclic) bond motifs is 1. The number of phenols is 1. The van der Waals surface area contributed by atoms with E-state index in [1.807, 2.05) is 63.2 Å². The number of aryl methyl sites for hydroxylation is 1. The molecule has 3 rings (SSSR count). The molecular weight excluding hydrogens is 286 g/mol. The van der Waals surface area contributed by atoms with Crippen molar-refractivity contribution < 1.29 is 5.11 Å². The molecule has 3 aromatic carbocycles. The van der Waals surface area contributed by atoms with E-state index in [0.717, 1.165) is 16.6 Å². The molecule has 118 valence electrons. The monoisotopic (exact) mass is 307 g/mol. The van der Waals surface area contributed by atoms with Gasteiger partial charge in [0.15, 0.2) is 0 Å². The molecule has 0 radical (unpaired) electrons. The smallest absolute Gasteiger partial charge is 0.125 e. The van der Waals surface area contributed by atoms with Crippen LogP contribution in [0, 0.1) is 6.92 Å². The Labute approximate surface area is 136 Å². The van der Waals surface area contributed by atoms with Gasteiger partial charge in [-0.25, -0.2) is 0 Å². The van der Waals surface area contributed by atoms with Crippen LogP contribution in [0.15, 0.2) is 64.8 Å². The van der Waals surface area contributed by atoms with Crippen LogP contribution in [0.4, 0.5) is 17.1 Å². The maximum atomic E-state index is 10.2. The number of nitrogens with zero attached hydrogens (tertiary/aromatic N) is 2. The molecule has 0 fully saturated rings. The minimum absolute atomic E-state index is 0.166. The average molecular weight is 307 g/mol. The third kappa shape index (κ3) is 3.66. The molecule has 0 aliphatic heterocycles. The number of nitrogens with two attached hydrogens (primary N) is 1. The second-order valence-corrected chi connectivity index (χ2v) is 4.92. The van der Waals surface area contributed by atoms with Gasteiger partial charge in [0.1, 0.15) is 11.4 Å². The van der Waals surface area contributed by atoms with Gasteiger partial charge in [0, 0.05) is 0 Å². The van der Waals surface area contributed by atoms with Crippen LogP contribution < -0.4 is 5.73 Å². The van der Waals surface area contributed by atoms with Crippen molar-refractivity contribution in [1.29, 1.82) is 0 Å². The van der Waals surface area contributed by atoms with Crippen LogP contribution in [0.5, 0.6) is 5.75 Å². The number of rotatable bonds is 2. The molecule has 3 aromatic rings. The van der Waals surface area contributed by atoms with Gasteiger partial charge in [0.25, 0.3) is 0 Å². The van der Waals surface area contributed by atoms with Gasteiger partial charge in [0.2, 0.25) is 0 Å². The number of aromatic hydroxyl groups is 1. The number of hydrogen-bond acceptors (Lipinski definition) is 4. The summed E-state index contributed by atoms with van der Waals surface area (Å²) in [6.45, 7) is 5.93. The zero-order valence-electron chi connectivity index (χ0n) is 13.6. The number of azo groups is 1. The molecule has 0 aliphatic carbocycles. The summed E-state index contributed by atoms with van der Waals surface area (Å²) in [5.41, 5.74) is 8.69. The summed E-state index contributed by atoms with van der Waals surface area (Å²) in [6.07, 6.45) is 0. The molecule has 0 aromatic heterocycles. The lowest BCUT2D eigenvalue weighted by atomic mass is 10.0. The number of hydrogen-bond donors (Lipinski definition) is 2. The number of phenolic OH excluding ortho intramolecular Hbond substituents is 1. The van der Waals surface area contributed by atoms with Gasteiger partial charge in [-0.15, -0.1) is 5.11 Å². The highest BCUT2D eigenvalue weighted by Gasteiger charge is 2.10. The predicted molar refractivity (Wildman–Crippen MR) is 96.7 cm³/mol. The lowest BCUT2D eigenvalue weighted by Gasteiger charge is -2.08. The van der Waals surface area contributed by atoms with Crippen molar-refractivity contribution in [3.8, 4) is 5.75 Å². The lowest BCUT2D eigenvalue weighted by molar-refractivity contribution is 0.481. The van der Waals surface area contributed by atoms with Gasteiger partial charge >= 0.3 is 0 Å². The maximum absolute atomic E-state index is 10.2. The van der Waals surface area contributed by atoms with Crippen molar-refractivity contribution in [3.63, 3.8) is 0 Å². The molecule has 23 heavy (non-hydrogen) atoms. The van der Waals surface area contributed by atoms with E-state index in [2.05, 4.69) is 10.2 Å². The first-order valence-electron chi connectivity index (χ1n) is 7.64. The van der Waals surface area contributed by atoms with Gasteiger partial charge < -0.3 is 10.8 Å². The van der Waals surface area contributed by atoms with Gasteiger partial charge in [-0.2, -0.15) is 5.11 Å². The van der Waals surface area contributed by atoms with Crippen molar-refractivity contribution in [2.24, 2.45) is 10.2 Å². The largest absolute Gasteiger partial charge is 0.507 e. The van der Waals surface area contributed by atoms with E-state index in [1.165, 1.54) is 0 Å². The average Bonchev–Trinajstić information content (AvgIpc) is 2.57. The Kier molecular flexibility index (Phi) is 5.31.